The summed E-state index contributed by atoms with van der Waals surface area (Å²) < 4.78 is 13.5. The van der Waals surface area contributed by atoms with Crippen LogP contribution >= 0.6 is 38.5 Å². The molecule has 0 aliphatic carbocycles. The van der Waals surface area contributed by atoms with Crippen LogP contribution in [0.5, 0.6) is 11.5 Å². The van der Waals surface area contributed by atoms with Gasteiger partial charge in [-0.1, -0.05) is 34.1 Å². The molecule has 0 radical (unpaired) electrons. The minimum absolute atomic E-state index is 0.172. The summed E-state index contributed by atoms with van der Waals surface area (Å²) in [7, 11) is 0. The molecular weight excluding hydrogens is 651 g/mol. The zero-order valence-corrected chi connectivity index (χ0v) is 24.2. The number of imide groups is 2. The van der Waals surface area contributed by atoms with Gasteiger partial charge in [0.15, 0.2) is 11.5 Å². The molecule has 1 fully saturated rings. The van der Waals surface area contributed by atoms with E-state index in [0.717, 1.165) is 25.2 Å². The second-order valence-electron chi connectivity index (χ2n) is 8.47. The Bertz CT molecular complexity index is 1400. The molecule has 3 aromatic rings. The van der Waals surface area contributed by atoms with Crippen LogP contribution in [-0.2, 0) is 16.2 Å². The van der Waals surface area contributed by atoms with Gasteiger partial charge in [0.05, 0.1) is 12.3 Å². The number of nitrogens with one attached hydrogen (secondary N) is 1. The summed E-state index contributed by atoms with van der Waals surface area (Å²) in [5.41, 5.74) is 3.54. The second-order valence-corrected chi connectivity index (χ2v) is 10.6. The number of barbiturate groups is 1. The third kappa shape index (κ3) is 6.22. The Balaban J connectivity index is 1.67. The van der Waals surface area contributed by atoms with E-state index in [1.165, 1.54) is 6.08 Å². The topological polar surface area (TPSA) is 84.9 Å². The number of carbonyl (C=O) groups excluding carboxylic acids is 3. The molecule has 4 rings (SSSR count). The van der Waals surface area contributed by atoms with E-state index in [4.69, 9.17) is 9.47 Å². The highest BCUT2D eigenvalue weighted by molar-refractivity contribution is 14.1. The summed E-state index contributed by atoms with van der Waals surface area (Å²) in [6.45, 7) is 6.34. The van der Waals surface area contributed by atoms with Gasteiger partial charge in [-0.05, 0) is 108 Å². The Kier molecular flexibility index (Phi) is 8.33. The van der Waals surface area contributed by atoms with E-state index >= 15 is 0 Å². The molecule has 0 aromatic heterocycles. The van der Waals surface area contributed by atoms with Crippen molar-refractivity contribution in [1.82, 2.24) is 5.32 Å². The van der Waals surface area contributed by atoms with Crippen LogP contribution in [0.4, 0.5) is 10.5 Å². The second kappa shape index (κ2) is 11.5. The third-order valence-electron chi connectivity index (χ3n) is 5.54. The molecule has 1 heterocycles. The van der Waals surface area contributed by atoms with Crippen molar-refractivity contribution in [1.29, 1.82) is 0 Å². The number of amides is 4. The molecule has 1 saturated heterocycles. The molecule has 9 heteroatoms. The van der Waals surface area contributed by atoms with Crippen LogP contribution in [0.2, 0.25) is 0 Å². The number of urea groups is 1. The summed E-state index contributed by atoms with van der Waals surface area (Å²) >= 11 is 5.77. The summed E-state index contributed by atoms with van der Waals surface area (Å²) in [6.07, 6.45) is 1.44. The quantitative estimate of drug-likeness (QED) is 0.180. The molecule has 37 heavy (non-hydrogen) atoms. The maximum atomic E-state index is 13.4. The van der Waals surface area contributed by atoms with Crippen LogP contribution in [0.25, 0.3) is 6.08 Å². The van der Waals surface area contributed by atoms with Crippen LogP contribution in [0.15, 0.2) is 64.6 Å². The maximum absolute atomic E-state index is 13.4. The Morgan fingerprint density at radius 1 is 0.946 bits per heavy atom. The number of nitrogens with zero attached hydrogens (tertiary/aromatic N) is 1. The summed E-state index contributed by atoms with van der Waals surface area (Å²) in [5, 5.41) is 2.27. The number of hydrogen-bond acceptors (Lipinski definition) is 5. The van der Waals surface area contributed by atoms with E-state index in [0.29, 0.717) is 40.4 Å². The van der Waals surface area contributed by atoms with Gasteiger partial charge in [0.2, 0.25) is 0 Å². The Hall–Kier alpha value is -3.18. The minimum atomic E-state index is -0.787. The van der Waals surface area contributed by atoms with Crippen LogP contribution < -0.4 is 19.7 Å². The van der Waals surface area contributed by atoms with Crippen LogP contribution in [0.1, 0.15) is 29.2 Å². The molecular formula is C28H24BrIN2O5. The van der Waals surface area contributed by atoms with Crippen molar-refractivity contribution < 1.29 is 23.9 Å². The van der Waals surface area contributed by atoms with E-state index in [2.05, 4.69) is 43.8 Å². The number of hydrogen-bond donors (Lipinski definition) is 1. The van der Waals surface area contributed by atoms with Gasteiger partial charge < -0.3 is 9.47 Å². The molecule has 3 aromatic carbocycles. The summed E-state index contributed by atoms with van der Waals surface area (Å²) in [4.78, 5) is 39.6. The molecule has 0 spiro atoms. The predicted octanol–water partition coefficient (Wildman–Crippen LogP) is 6.31. The van der Waals surface area contributed by atoms with Crippen molar-refractivity contribution in [3.63, 3.8) is 0 Å². The van der Waals surface area contributed by atoms with E-state index in [1.807, 2.05) is 51.1 Å². The molecule has 1 aliphatic heterocycles. The first-order valence-corrected chi connectivity index (χ1v) is 13.4. The van der Waals surface area contributed by atoms with E-state index < -0.39 is 17.8 Å². The zero-order valence-electron chi connectivity index (χ0n) is 20.4. The van der Waals surface area contributed by atoms with Crippen LogP contribution in [-0.4, -0.2) is 24.5 Å². The van der Waals surface area contributed by atoms with Crippen molar-refractivity contribution in [3.05, 3.63) is 90.5 Å². The van der Waals surface area contributed by atoms with Crippen molar-refractivity contribution in [3.8, 4) is 11.5 Å². The van der Waals surface area contributed by atoms with Gasteiger partial charge >= 0.3 is 6.03 Å². The smallest absolute Gasteiger partial charge is 0.335 e. The van der Waals surface area contributed by atoms with Gasteiger partial charge in [0.25, 0.3) is 11.8 Å². The highest BCUT2D eigenvalue weighted by Gasteiger charge is 2.37. The number of anilines is 1. The number of halogens is 2. The lowest BCUT2D eigenvalue weighted by molar-refractivity contribution is -0.122. The van der Waals surface area contributed by atoms with Crippen molar-refractivity contribution in [2.75, 3.05) is 11.5 Å². The molecule has 0 bridgehead atoms. The van der Waals surface area contributed by atoms with Gasteiger partial charge in [-0.25, -0.2) is 9.69 Å². The maximum Gasteiger partial charge on any atom is 0.335 e. The Labute approximate surface area is 237 Å². The molecule has 1 N–H and O–H groups in total. The molecule has 1 aliphatic rings. The first-order valence-electron chi connectivity index (χ1n) is 11.5. The highest BCUT2D eigenvalue weighted by atomic mass is 127. The van der Waals surface area contributed by atoms with E-state index in [1.54, 1.807) is 24.3 Å². The van der Waals surface area contributed by atoms with Crippen molar-refractivity contribution >= 4 is 68.1 Å². The van der Waals surface area contributed by atoms with Gasteiger partial charge in [0.1, 0.15) is 12.2 Å². The first-order chi connectivity index (χ1) is 17.7. The average Bonchev–Trinajstić information content (AvgIpc) is 2.83. The molecule has 190 valence electrons. The molecule has 4 amide bonds. The third-order valence-corrected chi connectivity index (χ3v) is 6.94. The normalized spacial score (nSPS) is 14.7. The monoisotopic (exact) mass is 674 g/mol. The fourth-order valence-corrected chi connectivity index (χ4v) is 4.71. The fraction of sp³-hybridized carbons (Fsp3) is 0.179. The number of benzene rings is 3. The zero-order chi connectivity index (χ0) is 26.7. The molecule has 0 atom stereocenters. The average molecular weight is 675 g/mol. The predicted molar refractivity (Wildman–Crippen MR) is 154 cm³/mol. The molecule has 0 saturated carbocycles. The van der Waals surface area contributed by atoms with Gasteiger partial charge in [-0.2, -0.15) is 0 Å². The fourth-order valence-electron chi connectivity index (χ4n) is 3.91. The lowest BCUT2D eigenvalue weighted by Crippen LogP contribution is -2.54. The number of aryl methyl sites for hydroxylation is 2. The Morgan fingerprint density at radius 2 is 1.59 bits per heavy atom. The minimum Gasteiger partial charge on any atom is -0.490 e. The lowest BCUT2D eigenvalue weighted by atomic mass is 10.0. The van der Waals surface area contributed by atoms with Crippen LogP contribution in [0.3, 0.4) is 0 Å². The van der Waals surface area contributed by atoms with Crippen molar-refractivity contribution in [2.45, 2.75) is 27.4 Å². The summed E-state index contributed by atoms with van der Waals surface area (Å²) in [5.74, 6) is -0.489. The van der Waals surface area contributed by atoms with Crippen LogP contribution in [0, 0.1) is 17.4 Å². The standard InChI is InChI=1S/C28H24BrIN2O5/c1-4-36-24-13-19(23(29)14-25(24)37-15-18-5-7-20(30)8-6-18)12-22-26(33)31-28(35)32(27(22)34)21-10-16(2)9-17(3)11-21/h5-14H,4,15H2,1-3H3,(H,31,33,35)/b22-12+. The van der Waals surface area contributed by atoms with E-state index in [9.17, 15) is 14.4 Å². The lowest BCUT2D eigenvalue weighted by Gasteiger charge is -2.27. The number of rotatable bonds is 7. The molecule has 7 nitrogen and oxygen atoms in total. The molecule has 0 unspecified atom stereocenters. The van der Waals surface area contributed by atoms with Gasteiger partial charge in [0, 0.05) is 8.04 Å². The SMILES string of the molecule is CCOc1cc(/C=C2\C(=O)NC(=O)N(c3cc(C)cc(C)c3)C2=O)c(Br)cc1OCc1ccc(I)cc1. The highest BCUT2D eigenvalue weighted by Crippen LogP contribution is 2.36. The van der Waals surface area contributed by atoms with E-state index in [-0.39, 0.29) is 5.57 Å². The Morgan fingerprint density at radius 3 is 2.24 bits per heavy atom. The number of carbonyl (C=O) groups is 3. The van der Waals surface area contributed by atoms with Crippen molar-refractivity contribution in [2.24, 2.45) is 0 Å². The van der Waals surface area contributed by atoms with Gasteiger partial charge in [-0.15, -0.1) is 0 Å². The largest absolute Gasteiger partial charge is 0.490 e. The first kappa shape index (κ1) is 26.9. The number of ether oxygens (including phenoxy) is 2. The summed E-state index contributed by atoms with van der Waals surface area (Å²) in [6, 6.07) is 16.0. The van der Waals surface area contributed by atoms with Gasteiger partial charge in [-0.3, -0.25) is 14.9 Å².